The Balaban J connectivity index is 0.000000280. The summed E-state index contributed by atoms with van der Waals surface area (Å²) >= 11 is 0. The second kappa shape index (κ2) is 8.52. The van der Waals surface area contributed by atoms with Crippen molar-refractivity contribution >= 4 is 0 Å². The molecule has 0 nitrogen and oxygen atoms in total. The van der Waals surface area contributed by atoms with Crippen molar-refractivity contribution in [2.24, 2.45) is 0 Å². The van der Waals surface area contributed by atoms with Crippen LogP contribution < -0.4 is 0 Å². The van der Waals surface area contributed by atoms with Crippen LogP contribution >= 0.6 is 0 Å². The van der Waals surface area contributed by atoms with Crippen LogP contribution in [0.5, 0.6) is 0 Å². The molecule has 0 unspecified atom stereocenters. The first kappa shape index (κ1) is 14.2. The summed E-state index contributed by atoms with van der Waals surface area (Å²) in [7, 11) is 0. The number of hydrogen-bond acceptors (Lipinski definition) is 0. The molecule has 0 saturated carbocycles. The molecule has 1 aliphatic rings. The molecule has 0 aliphatic heterocycles. The molecule has 2 rings (SSSR count). The van der Waals surface area contributed by atoms with Gasteiger partial charge in [-0.15, -0.1) is 6.42 Å². The molecule has 0 amide bonds. The van der Waals surface area contributed by atoms with Gasteiger partial charge in [0.2, 0.25) is 0 Å². The molecule has 1 heteroatoms. The molecule has 1 aliphatic carbocycles. The van der Waals surface area contributed by atoms with Crippen molar-refractivity contribution in [1.29, 1.82) is 0 Å². The number of benzene rings is 1. The van der Waals surface area contributed by atoms with Crippen LogP contribution in [0, 0.1) is 12.1 Å². The third kappa shape index (κ3) is 6.33. The van der Waals surface area contributed by atoms with Gasteiger partial charge in [0, 0.05) is 0 Å². The van der Waals surface area contributed by atoms with Gasteiger partial charge in [-0.2, -0.15) is 42.0 Å². The van der Waals surface area contributed by atoms with E-state index in [1.807, 2.05) is 30.4 Å². The Morgan fingerprint density at radius 1 is 1.33 bits per heavy atom. The van der Waals surface area contributed by atoms with Crippen LogP contribution in [0.3, 0.4) is 0 Å². The zero-order valence-corrected chi connectivity index (χ0v) is 10.3. The summed E-state index contributed by atoms with van der Waals surface area (Å²) in [5, 5.41) is 0. The molecule has 1 aromatic carbocycles. The number of rotatable bonds is 1. The second-order valence-corrected chi connectivity index (χ2v) is 3.49. The van der Waals surface area contributed by atoms with Crippen molar-refractivity contribution in [1.82, 2.24) is 0 Å². The average molecular weight is 240 g/mol. The molecule has 0 heterocycles. The third-order valence-corrected chi connectivity index (χ3v) is 1.98. The van der Waals surface area contributed by atoms with Crippen LogP contribution in [0.1, 0.15) is 31.7 Å². The van der Waals surface area contributed by atoms with E-state index < -0.39 is 0 Å². The topological polar surface area (TPSA) is 0 Å². The number of hydrogen-bond donors (Lipinski definition) is 0. The van der Waals surface area contributed by atoms with Crippen molar-refractivity contribution in [2.45, 2.75) is 26.2 Å². The second-order valence-electron chi connectivity index (χ2n) is 3.49. The summed E-state index contributed by atoms with van der Waals surface area (Å²) in [6, 6.07) is 11.1. The molecular weight excluding hydrogens is 224 g/mol. The van der Waals surface area contributed by atoms with Crippen LogP contribution in [0.2, 0.25) is 0 Å². The molecule has 0 N–H and O–H groups in total. The van der Waals surface area contributed by atoms with Crippen molar-refractivity contribution in [3.8, 4) is 0 Å². The molecule has 0 fully saturated rings. The molecule has 0 radical (unpaired) electrons. The van der Waals surface area contributed by atoms with Crippen molar-refractivity contribution in [2.75, 3.05) is 0 Å². The van der Waals surface area contributed by atoms with Crippen LogP contribution in [0.15, 0.2) is 42.5 Å². The van der Waals surface area contributed by atoms with E-state index in [-0.39, 0.29) is 17.1 Å². The minimum absolute atomic E-state index is 0. The zero-order chi connectivity index (χ0) is 10.2. The van der Waals surface area contributed by atoms with Gasteiger partial charge >= 0.3 is 17.1 Å². The SMILES string of the molecule is CC(C)c1c[c-]ccc1.[C-]1=CC=CC1.[Fe+2]. The van der Waals surface area contributed by atoms with Gasteiger partial charge < -0.3 is 0 Å². The summed E-state index contributed by atoms with van der Waals surface area (Å²) in [4.78, 5) is 0. The van der Waals surface area contributed by atoms with E-state index in [1.54, 1.807) is 0 Å². The Bertz CT molecular complexity index is 286. The van der Waals surface area contributed by atoms with E-state index in [2.05, 4.69) is 38.1 Å². The summed E-state index contributed by atoms with van der Waals surface area (Å²) in [5.41, 5.74) is 1.36. The Kier molecular flexibility index (Phi) is 8.08. The quantitative estimate of drug-likeness (QED) is 0.515. The van der Waals surface area contributed by atoms with Crippen molar-refractivity contribution in [3.63, 3.8) is 0 Å². The normalized spacial score (nSPS) is 11.9. The minimum atomic E-state index is 0. The molecular formula is C14H16Fe. The van der Waals surface area contributed by atoms with Gasteiger partial charge in [0.1, 0.15) is 0 Å². The van der Waals surface area contributed by atoms with Gasteiger partial charge in [0.15, 0.2) is 0 Å². The predicted octanol–water partition coefficient (Wildman–Crippen LogP) is 3.91. The molecule has 15 heavy (non-hydrogen) atoms. The fourth-order valence-electron chi connectivity index (χ4n) is 1.11. The molecule has 0 aromatic heterocycles. The largest absolute Gasteiger partial charge is 2.00 e. The molecule has 1 aromatic rings. The zero-order valence-electron chi connectivity index (χ0n) is 9.18. The Morgan fingerprint density at radius 3 is 2.40 bits per heavy atom. The van der Waals surface area contributed by atoms with Crippen LogP contribution in [-0.2, 0) is 17.1 Å². The first-order valence-electron chi connectivity index (χ1n) is 4.98. The summed E-state index contributed by atoms with van der Waals surface area (Å²) in [6.45, 7) is 4.37. The van der Waals surface area contributed by atoms with E-state index in [9.17, 15) is 0 Å². The maximum absolute atomic E-state index is 3.04. The average Bonchev–Trinajstić information content (AvgIpc) is 2.77. The van der Waals surface area contributed by atoms with Gasteiger partial charge in [-0.1, -0.05) is 19.8 Å². The van der Waals surface area contributed by atoms with Gasteiger partial charge in [-0.25, -0.2) is 12.2 Å². The summed E-state index contributed by atoms with van der Waals surface area (Å²) in [5.74, 6) is 0.627. The smallest absolute Gasteiger partial charge is 0.273 e. The first-order chi connectivity index (χ1) is 6.80. The molecule has 0 atom stereocenters. The molecule has 80 valence electrons. The van der Waals surface area contributed by atoms with Gasteiger partial charge in [-0.3, -0.25) is 6.08 Å². The van der Waals surface area contributed by atoms with E-state index >= 15 is 0 Å². The summed E-state index contributed by atoms with van der Waals surface area (Å²) in [6.07, 6.45) is 10.0. The molecule has 0 saturated heterocycles. The monoisotopic (exact) mass is 240 g/mol. The minimum Gasteiger partial charge on any atom is -0.273 e. The Morgan fingerprint density at radius 2 is 2.13 bits per heavy atom. The van der Waals surface area contributed by atoms with Gasteiger partial charge in [0.05, 0.1) is 0 Å². The van der Waals surface area contributed by atoms with E-state index in [0.717, 1.165) is 6.42 Å². The maximum atomic E-state index is 3.04. The van der Waals surface area contributed by atoms with Crippen molar-refractivity contribution in [3.05, 3.63) is 60.2 Å². The third-order valence-electron chi connectivity index (χ3n) is 1.98. The fourth-order valence-corrected chi connectivity index (χ4v) is 1.11. The van der Waals surface area contributed by atoms with E-state index in [4.69, 9.17) is 0 Å². The fraction of sp³-hybridized carbons (Fsp3) is 0.286. The van der Waals surface area contributed by atoms with Gasteiger partial charge in [-0.05, 0) is 0 Å². The Labute approximate surface area is 104 Å². The number of allylic oxidation sites excluding steroid dienone is 4. The van der Waals surface area contributed by atoms with Gasteiger partial charge in [0.25, 0.3) is 0 Å². The van der Waals surface area contributed by atoms with E-state index in [1.165, 1.54) is 5.56 Å². The van der Waals surface area contributed by atoms with Crippen LogP contribution in [0.25, 0.3) is 0 Å². The van der Waals surface area contributed by atoms with Crippen LogP contribution in [0.4, 0.5) is 0 Å². The Hall–Kier alpha value is -0.781. The predicted molar refractivity (Wildman–Crippen MR) is 60.9 cm³/mol. The standard InChI is InChI=1S/C9H11.C5H5.Fe/c1-8(2)9-6-4-3-5-7-9;1-2-4-5-3-1;/h3-4,6-8H,1-2H3;1-3H,4H2;/q2*-1;+2. The molecule has 0 bridgehead atoms. The van der Waals surface area contributed by atoms with Crippen molar-refractivity contribution < 1.29 is 17.1 Å². The van der Waals surface area contributed by atoms with E-state index in [0.29, 0.717) is 5.92 Å². The molecule has 0 spiro atoms. The van der Waals surface area contributed by atoms with Crippen LogP contribution in [-0.4, -0.2) is 0 Å². The first-order valence-corrected chi connectivity index (χ1v) is 4.98. The maximum Gasteiger partial charge on any atom is 2.00 e. The summed E-state index contributed by atoms with van der Waals surface area (Å²) < 4.78 is 0.